The molecule has 0 spiro atoms. The lowest BCUT2D eigenvalue weighted by Gasteiger charge is -2.46. The van der Waals surface area contributed by atoms with E-state index in [9.17, 15) is 4.79 Å². The van der Waals surface area contributed by atoms with Gasteiger partial charge in [-0.15, -0.1) is 0 Å². The first-order chi connectivity index (χ1) is 11.8. The van der Waals surface area contributed by atoms with E-state index in [0.717, 1.165) is 23.7 Å². The molecule has 1 aromatic heterocycles. The molecular weight excluding hydrogens is 380 g/mol. The highest BCUT2D eigenvalue weighted by Gasteiger charge is 2.44. The normalized spacial score (nSPS) is 22.8. The van der Waals surface area contributed by atoms with Gasteiger partial charge < -0.3 is 9.30 Å². The Balaban J connectivity index is 1.83. The lowest BCUT2D eigenvalue weighted by atomic mass is 9.82. The Hall–Kier alpha value is -1.49. The van der Waals surface area contributed by atoms with Crippen LogP contribution in [0.1, 0.15) is 57.3 Å². The third-order valence-electron chi connectivity index (χ3n) is 5.44. The number of carbonyl (C=O) groups is 1. The molecule has 2 unspecified atom stereocenters. The van der Waals surface area contributed by atoms with Crippen molar-refractivity contribution < 1.29 is 9.53 Å². The van der Waals surface area contributed by atoms with Crippen LogP contribution < -0.4 is 0 Å². The van der Waals surface area contributed by atoms with E-state index in [0.29, 0.717) is 0 Å². The molecular formula is C20H25BrN2O2. The van der Waals surface area contributed by atoms with Crippen LogP contribution in [-0.2, 0) is 18.2 Å². The standard InChI is InChI=1S/C20H25BrN2O2/c1-20(2,3)25-19(24)23-13-6-5-7-15(23)18-14-9-8-12(21)10-16(14)22(4)17(18)11-13/h8-10,13,15H,5-7,11H2,1-4H3. The number of rotatable bonds is 0. The number of carbonyl (C=O) groups excluding carboxylic acids is 1. The number of halogens is 1. The van der Waals surface area contributed by atoms with E-state index in [-0.39, 0.29) is 18.2 Å². The number of amides is 1. The molecule has 0 saturated carbocycles. The van der Waals surface area contributed by atoms with Crippen LogP contribution in [0.5, 0.6) is 0 Å². The Morgan fingerprint density at radius 1 is 1.28 bits per heavy atom. The average molecular weight is 405 g/mol. The van der Waals surface area contributed by atoms with Gasteiger partial charge in [-0.1, -0.05) is 22.0 Å². The summed E-state index contributed by atoms with van der Waals surface area (Å²) in [7, 11) is 2.15. The lowest BCUT2D eigenvalue weighted by Crippen LogP contribution is -2.51. The van der Waals surface area contributed by atoms with Gasteiger partial charge in [0.2, 0.25) is 0 Å². The number of fused-ring (bicyclic) bond motifs is 6. The molecule has 25 heavy (non-hydrogen) atoms. The van der Waals surface area contributed by atoms with Crippen LogP contribution in [0.3, 0.4) is 0 Å². The van der Waals surface area contributed by atoms with Gasteiger partial charge in [0.25, 0.3) is 0 Å². The van der Waals surface area contributed by atoms with Crippen molar-refractivity contribution in [3.63, 3.8) is 0 Å². The van der Waals surface area contributed by atoms with Gasteiger partial charge in [0.15, 0.2) is 0 Å². The van der Waals surface area contributed by atoms with E-state index in [1.54, 1.807) is 0 Å². The molecule has 2 aliphatic rings. The number of aromatic nitrogens is 1. The number of hydrogen-bond acceptors (Lipinski definition) is 2. The molecule has 4 rings (SSSR count). The monoisotopic (exact) mass is 404 g/mol. The molecule has 0 aliphatic carbocycles. The molecule has 1 amide bonds. The average Bonchev–Trinajstić information content (AvgIpc) is 2.77. The minimum absolute atomic E-state index is 0.127. The summed E-state index contributed by atoms with van der Waals surface area (Å²) in [4.78, 5) is 14.9. The first-order valence-electron chi connectivity index (χ1n) is 9.04. The molecule has 1 aromatic carbocycles. The lowest BCUT2D eigenvalue weighted by molar-refractivity contribution is -0.00973. The highest BCUT2D eigenvalue weighted by molar-refractivity contribution is 9.10. The van der Waals surface area contributed by atoms with Crippen LogP contribution in [0.2, 0.25) is 0 Å². The van der Waals surface area contributed by atoms with Crippen molar-refractivity contribution >= 4 is 32.9 Å². The first-order valence-corrected chi connectivity index (χ1v) is 9.83. The van der Waals surface area contributed by atoms with Gasteiger partial charge >= 0.3 is 6.09 Å². The van der Waals surface area contributed by atoms with E-state index < -0.39 is 5.60 Å². The molecule has 3 heterocycles. The molecule has 1 fully saturated rings. The molecule has 2 atom stereocenters. The predicted octanol–water partition coefficient (Wildman–Crippen LogP) is 5.33. The van der Waals surface area contributed by atoms with Gasteiger partial charge in [0.05, 0.1) is 6.04 Å². The molecule has 134 valence electrons. The van der Waals surface area contributed by atoms with Crippen LogP contribution in [-0.4, -0.2) is 27.2 Å². The maximum absolute atomic E-state index is 12.9. The van der Waals surface area contributed by atoms with Crippen LogP contribution in [0.4, 0.5) is 4.79 Å². The van der Waals surface area contributed by atoms with Crippen LogP contribution in [0.15, 0.2) is 22.7 Å². The predicted molar refractivity (Wildman–Crippen MR) is 103 cm³/mol. The molecule has 2 aliphatic heterocycles. The van der Waals surface area contributed by atoms with Crippen molar-refractivity contribution in [1.82, 2.24) is 9.47 Å². The maximum Gasteiger partial charge on any atom is 0.411 e. The van der Waals surface area contributed by atoms with Gasteiger partial charge in [-0.2, -0.15) is 0 Å². The summed E-state index contributed by atoms with van der Waals surface area (Å²) >= 11 is 3.59. The third kappa shape index (κ3) is 2.77. The molecule has 0 N–H and O–H groups in total. The minimum atomic E-state index is -0.463. The summed E-state index contributed by atoms with van der Waals surface area (Å²) in [6.07, 6.45) is 3.98. The van der Waals surface area contributed by atoms with Crippen LogP contribution in [0, 0.1) is 0 Å². The molecule has 1 saturated heterocycles. The first kappa shape index (κ1) is 17.0. The zero-order valence-electron chi connectivity index (χ0n) is 15.3. The van der Waals surface area contributed by atoms with Crippen molar-refractivity contribution in [1.29, 1.82) is 0 Å². The number of ether oxygens (including phenoxy) is 1. The van der Waals surface area contributed by atoms with Gasteiger partial charge in [-0.05, 0) is 52.2 Å². The van der Waals surface area contributed by atoms with Crippen molar-refractivity contribution in [3.05, 3.63) is 33.9 Å². The zero-order chi connectivity index (χ0) is 17.9. The number of piperidine rings is 1. The molecule has 5 heteroatoms. The fraction of sp³-hybridized carbons (Fsp3) is 0.550. The van der Waals surface area contributed by atoms with E-state index in [2.05, 4.69) is 45.7 Å². The Morgan fingerprint density at radius 2 is 2.04 bits per heavy atom. The summed E-state index contributed by atoms with van der Waals surface area (Å²) in [6.45, 7) is 5.81. The summed E-state index contributed by atoms with van der Waals surface area (Å²) in [5.74, 6) is 0. The summed E-state index contributed by atoms with van der Waals surface area (Å²) < 4.78 is 9.14. The molecule has 2 bridgehead atoms. The van der Waals surface area contributed by atoms with Gasteiger partial charge in [0, 0.05) is 46.1 Å². The smallest absolute Gasteiger partial charge is 0.411 e. The molecule has 2 aromatic rings. The van der Waals surface area contributed by atoms with Crippen LogP contribution in [0.25, 0.3) is 10.9 Å². The third-order valence-corrected chi connectivity index (χ3v) is 5.93. The Kier molecular flexibility index (Phi) is 3.91. The molecule has 4 nitrogen and oxygen atoms in total. The van der Waals surface area contributed by atoms with Crippen molar-refractivity contribution in [2.75, 3.05) is 0 Å². The minimum Gasteiger partial charge on any atom is -0.444 e. The Labute approximate surface area is 157 Å². The fourth-order valence-electron chi connectivity index (χ4n) is 4.49. The van der Waals surface area contributed by atoms with Crippen molar-refractivity contribution in [2.45, 2.75) is 64.1 Å². The number of nitrogens with zero attached hydrogens (tertiary/aromatic N) is 2. The van der Waals surface area contributed by atoms with Crippen LogP contribution >= 0.6 is 15.9 Å². The van der Waals surface area contributed by atoms with E-state index in [1.807, 2.05) is 25.7 Å². The largest absolute Gasteiger partial charge is 0.444 e. The molecule has 0 radical (unpaired) electrons. The highest BCUT2D eigenvalue weighted by atomic mass is 79.9. The second-order valence-electron chi connectivity index (χ2n) is 8.27. The van der Waals surface area contributed by atoms with Gasteiger partial charge in [-0.3, -0.25) is 4.90 Å². The number of benzene rings is 1. The quantitative estimate of drug-likeness (QED) is 0.594. The Bertz CT molecular complexity index is 849. The van der Waals surface area contributed by atoms with E-state index in [4.69, 9.17) is 4.74 Å². The maximum atomic E-state index is 12.9. The SMILES string of the molecule is Cn1c2c(c3ccc(Br)cc31)C1CCCC(C2)N1C(=O)OC(C)(C)C. The summed E-state index contributed by atoms with van der Waals surface area (Å²) in [5.41, 5.74) is 3.47. The number of hydrogen-bond donors (Lipinski definition) is 0. The fourth-order valence-corrected chi connectivity index (χ4v) is 4.84. The van der Waals surface area contributed by atoms with Crippen molar-refractivity contribution in [2.24, 2.45) is 7.05 Å². The summed E-state index contributed by atoms with van der Waals surface area (Å²) in [5, 5.41) is 1.26. The van der Waals surface area contributed by atoms with E-state index >= 15 is 0 Å². The number of aryl methyl sites for hydroxylation is 1. The second-order valence-corrected chi connectivity index (χ2v) is 9.19. The topological polar surface area (TPSA) is 34.5 Å². The van der Waals surface area contributed by atoms with Gasteiger partial charge in [0.1, 0.15) is 5.60 Å². The zero-order valence-corrected chi connectivity index (χ0v) is 16.9. The second kappa shape index (κ2) is 5.76. The van der Waals surface area contributed by atoms with Crippen molar-refractivity contribution in [3.8, 4) is 0 Å². The highest BCUT2D eigenvalue weighted by Crippen LogP contribution is 2.46. The van der Waals surface area contributed by atoms with Gasteiger partial charge in [-0.25, -0.2) is 4.79 Å². The summed E-state index contributed by atoms with van der Waals surface area (Å²) in [6, 6.07) is 6.82. The van der Waals surface area contributed by atoms with E-state index in [1.165, 1.54) is 28.6 Å². The Morgan fingerprint density at radius 3 is 2.76 bits per heavy atom.